The summed E-state index contributed by atoms with van der Waals surface area (Å²) in [5.41, 5.74) is 7.55. The van der Waals surface area contributed by atoms with Gasteiger partial charge in [-0.3, -0.25) is 0 Å². The maximum Gasteiger partial charge on any atom is 0.125 e. The van der Waals surface area contributed by atoms with Crippen LogP contribution in [-0.4, -0.2) is 4.98 Å². The van der Waals surface area contributed by atoms with Gasteiger partial charge in [0.15, 0.2) is 0 Å². The summed E-state index contributed by atoms with van der Waals surface area (Å²) in [7, 11) is 0. The Hall–Kier alpha value is -0.760. The second-order valence-electron chi connectivity index (χ2n) is 3.18. The SMILES string of the molecule is Cc1nc(N)cc(Cl)c1C(C)C. The number of halogens is 1. The lowest BCUT2D eigenvalue weighted by molar-refractivity contribution is 0.844. The van der Waals surface area contributed by atoms with Crippen molar-refractivity contribution in [3.8, 4) is 0 Å². The van der Waals surface area contributed by atoms with Crippen LogP contribution in [0.25, 0.3) is 0 Å². The number of hydrogen-bond acceptors (Lipinski definition) is 2. The van der Waals surface area contributed by atoms with Gasteiger partial charge in [0.2, 0.25) is 0 Å². The molecule has 0 radical (unpaired) electrons. The smallest absolute Gasteiger partial charge is 0.125 e. The molecule has 1 heterocycles. The van der Waals surface area contributed by atoms with Gasteiger partial charge in [-0.25, -0.2) is 4.98 Å². The molecule has 12 heavy (non-hydrogen) atoms. The van der Waals surface area contributed by atoms with E-state index in [1.54, 1.807) is 6.07 Å². The van der Waals surface area contributed by atoms with Crippen LogP contribution in [0.1, 0.15) is 31.0 Å². The van der Waals surface area contributed by atoms with Gasteiger partial charge in [0.1, 0.15) is 5.82 Å². The fourth-order valence-electron chi connectivity index (χ4n) is 1.36. The molecule has 0 bridgehead atoms. The highest BCUT2D eigenvalue weighted by Crippen LogP contribution is 2.27. The van der Waals surface area contributed by atoms with E-state index in [0.29, 0.717) is 11.7 Å². The van der Waals surface area contributed by atoms with Crippen LogP contribution in [0, 0.1) is 6.92 Å². The summed E-state index contributed by atoms with van der Waals surface area (Å²) in [6.07, 6.45) is 0. The van der Waals surface area contributed by atoms with Crippen molar-refractivity contribution in [2.24, 2.45) is 0 Å². The van der Waals surface area contributed by atoms with Crippen LogP contribution in [0.4, 0.5) is 5.82 Å². The van der Waals surface area contributed by atoms with E-state index in [4.69, 9.17) is 17.3 Å². The Kier molecular flexibility index (Phi) is 2.58. The van der Waals surface area contributed by atoms with Gasteiger partial charge < -0.3 is 5.73 Å². The van der Waals surface area contributed by atoms with Crippen LogP contribution in [0.3, 0.4) is 0 Å². The van der Waals surface area contributed by atoms with E-state index in [0.717, 1.165) is 16.3 Å². The quantitative estimate of drug-likeness (QED) is 0.729. The molecule has 0 saturated heterocycles. The third kappa shape index (κ3) is 1.69. The molecule has 66 valence electrons. The van der Waals surface area contributed by atoms with Gasteiger partial charge in [-0.15, -0.1) is 0 Å². The lowest BCUT2D eigenvalue weighted by Crippen LogP contribution is -2.00. The first-order chi connectivity index (χ1) is 5.52. The predicted octanol–water partition coefficient (Wildman–Crippen LogP) is 2.75. The Bertz CT molecular complexity index is 272. The van der Waals surface area contributed by atoms with E-state index in [-0.39, 0.29) is 0 Å². The number of nitrogens with two attached hydrogens (primary N) is 1. The number of nitrogen functional groups attached to an aromatic ring is 1. The number of anilines is 1. The topological polar surface area (TPSA) is 38.9 Å². The van der Waals surface area contributed by atoms with Crippen LogP contribution >= 0.6 is 11.6 Å². The van der Waals surface area contributed by atoms with Crippen molar-refractivity contribution in [3.05, 3.63) is 22.3 Å². The first-order valence-electron chi connectivity index (χ1n) is 3.95. The first-order valence-corrected chi connectivity index (χ1v) is 4.32. The highest BCUT2D eigenvalue weighted by molar-refractivity contribution is 6.31. The van der Waals surface area contributed by atoms with E-state index in [1.807, 2.05) is 6.92 Å². The van der Waals surface area contributed by atoms with Crippen molar-refractivity contribution in [2.45, 2.75) is 26.7 Å². The third-order valence-corrected chi connectivity index (χ3v) is 2.11. The Morgan fingerprint density at radius 3 is 2.50 bits per heavy atom. The highest BCUT2D eigenvalue weighted by Gasteiger charge is 2.09. The molecule has 0 aliphatic rings. The Balaban J connectivity index is 3.28. The van der Waals surface area contributed by atoms with Crippen LogP contribution in [0.15, 0.2) is 6.07 Å². The predicted molar refractivity (Wildman–Crippen MR) is 52.5 cm³/mol. The van der Waals surface area contributed by atoms with E-state index in [2.05, 4.69) is 18.8 Å². The molecule has 2 N–H and O–H groups in total. The van der Waals surface area contributed by atoms with Crippen molar-refractivity contribution in [3.63, 3.8) is 0 Å². The normalized spacial score (nSPS) is 10.8. The summed E-state index contributed by atoms with van der Waals surface area (Å²) in [6, 6.07) is 1.70. The summed E-state index contributed by atoms with van der Waals surface area (Å²) in [6.45, 7) is 6.11. The Morgan fingerprint density at radius 1 is 1.50 bits per heavy atom. The number of rotatable bonds is 1. The van der Waals surface area contributed by atoms with Crippen LogP contribution in [-0.2, 0) is 0 Å². The van der Waals surface area contributed by atoms with Crippen LogP contribution < -0.4 is 5.73 Å². The maximum absolute atomic E-state index is 6.01. The fourth-order valence-corrected chi connectivity index (χ4v) is 1.83. The van der Waals surface area contributed by atoms with Gasteiger partial charge in [0.25, 0.3) is 0 Å². The van der Waals surface area contributed by atoms with Crippen molar-refractivity contribution in [2.75, 3.05) is 5.73 Å². The van der Waals surface area contributed by atoms with Crippen molar-refractivity contribution < 1.29 is 0 Å². The second-order valence-corrected chi connectivity index (χ2v) is 3.59. The molecule has 0 amide bonds. The zero-order valence-corrected chi connectivity index (χ0v) is 8.31. The average Bonchev–Trinajstić information content (AvgIpc) is 1.82. The highest BCUT2D eigenvalue weighted by atomic mass is 35.5. The standard InChI is InChI=1S/C9H13ClN2/c1-5(2)9-6(3)12-8(11)4-7(9)10/h4-5H,1-3H3,(H2,11,12). The number of aryl methyl sites for hydroxylation is 1. The summed E-state index contributed by atoms with van der Waals surface area (Å²) in [5.74, 6) is 0.882. The van der Waals surface area contributed by atoms with Crippen molar-refractivity contribution in [1.82, 2.24) is 4.98 Å². The maximum atomic E-state index is 6.01. The molecule has 2 nitrogen and oxygen atoms in total. The summed E-state index contributed by atoms with van der Waals surface area (Å²) < 4.78 is 0. The minimum atomic E-state index is 0.394. The first kappa shape index (κ1) is 9.33. The van der Waals surface area contributed by atoms with Gasteiger partial charge in [0, 0.05) is 10.7 Å². The zero-order chi connectivity index (χ0) is 9.30. The lowest BCUT2D eigenvalue weighted by atomic mass is 10.0. The summed E-state index contributed by atoms with van der Waals surface area (Å²) in [5, 5.41) is 0.718. The zero-order valence-electron chi connectivity index (χ0n) is 7.56. The molecular formula is C9H13ClN2. The Labute approximate surface area is 77.8 Å². The number of nitrogens with zero attached hydrogens (tertiary/aromatic N) is 1. The lowest BCUT2D eigenvalue weighted by Gasteiger charge is -2.11. The molecule has 0 saturated carbocycles. The third-order valence-electron chi connectivity index (χ3n) is 1.80. The fraction of sp³-hybridized carbons (Fsp3) is 0.444. The summed E-state index contributed by atoms with van der Waals surface area (Å²) in [4.78, 5) is 4.15. The molecule has 0 aromatic carbocycles. The summed E-state index contributed by atoms with van der Waals surface area (Å²) >= 11 is 6.01. The molecule has 0 fully saturated rings. The molecule has 3 heteroatoms. The molecule has 0 atom stereocenters. The van der Waals surface area contributed by atoms with E-state index < -0.39 is 0 Å². The average molecular weight is 185 g/mol. The van der Waals surface area contributed by atoms with Gasteiger partial charge in [-0.05, 0) is 24.5 Å². The van der Waals surface area contributed by atoms with Gasteiger partial charge in [-0.1, -0.05) is 25.4 Å². The second kappa shape index (κ2) is 3.31. The van der Waals surface area contributed by atoms with Gasteiger partial charge >= 0.3 is 0 Å². The van der Waals surface area contributed by atoms with E-state index in [1.165, 1.54) is 0 Å². The Morgan fingerprint density at radius 2 is 2.08 bits per heavy atom. The number of pyridine rings is 1. The molecule has 0 aliphatic carbocycles. The van der Waals surface area contributed by atoms with Crippen LogP contribution in [0.5, 0.6) is 0 Å². The molecular weight excluding hydrogens is 172 g/mol. The van der Waals surface area contributed by atoms with E-state index >= 15 is 0 Å². The minimum Gasteiger partial charge on any atom is -0.384 e. The number of aromatic nitrogens is 1. The monoisotopic (exact) mass is 184 g/mol. The molecule has 0 aliphatic heterocycles. The van der Waals surface area contributed by atoms with Crippen molar-refractivity contribution >= 4 is 17.4 Å². The molecule has 1 aromatic heterocycles. The van der Waals surface area contributed by atoms with Gasteiger partial charge in [-0.2, -0.15) is 0 Å². The van der Waals surface area contributed by atoms with Gasteiger partial charge in [0.05, 0.1) is 0 Å². The molecule has 1 rings (SSSR count). The van der Waals surface area contributed by atoms with E-state index in [9.17, 15) is 0 Å². The number of hydrogen-bond donors (Lipinski definition) is 1. The molecule has 0 unspecified atom stereocenters. The van der Waals surface area contributed by atoms with Crippen molar-refractivity contribution in [1.29, 1.82) is 0 Å². The largest absolute Gasteiger partial charge is 0.384 e. The molecule has 0 spiro atoms. The van der Waals surface area contributed by atoms with Crippen LogP contribution in [0.2, 0.25) is 5.02 Å². The minimum absolute atomic E-state index is 0.394. The molecule has 1 aromatic rings.